The first-order chi connectivity index (χ1) is 9.59. The van der Waals surface area contributed by atoms with Gasteiger partial charge in [-0.05, 0) is 43.9 Å². The molecule has 0 aromatic heterocycles. The molecule has 0 radical (unpaired) electrons. The Hall–Kier alpha value is -1.11. The first-order valence-electron chi connectivity index (χ1n) is 6.74. The zero-order valence-corrected chi connectivity index (χ0v) is 14.0. The predicted molar refractivity (Wildman–Crippen MR) is 83.8 cm³/mol. The summed E-state index contributed by atoms with van der Waals surface area (Å²) < 4.78 is 22.7. The molecule has 3 N–H and O–H groups in total. The molecule has 1 aromatic carbocycles. The van der Waals surface area contributed by atoms with E-state index in [2.05, 4.69) is 19.2 Å². The SMILES string of the molecule is CC(C)CCC(C)NC(=O)c1cc(Cl)cc(S(N)(=O)=O)c1. The molecule has 0 bridgehead atoms. The van der Waals surface area contributed by atoms with Gasteiger partial charge in [0.25, 0.3) is 5.91 Å². The van der Waals surface area contributed by atoms with Crippen molar-refractivity contribution in [2.45, 2.75) is 44.6 Å². The van der Waals surface area contributed by atoms with Crippen molar-refractivity contribution >= 4 is 27.5 Å². The Labute approximate surface area is 130 Å². The Kier molecular flexibility index (Phi) is 6.19. The molecule has 0 aliphatic rings. The van der Waals surface area contributed by atoms with Crippen molar-refractivity contribution in [1.29, 1.82) is 0 Å². The van der Waals surface area contributed by atoms with E-state index in [1.807, 2.05) is 6.92 Å². The Balaban J connectivity index is 2.86. The van der Waals surface area contributed by atoms with Crippen molar-refractivity contribution in [3.63, 3.8) is 0 Å². The smallest absolute Gasteiger partial charge is 0.251 e. The Morgan fingerprint density at radius 3 is 2.38 bits per heavy atom. The molecule has 1 atom stereocenters. The van der Waals surface area contributed by atoms with E-state index >= 15 is 0 Å². The second-order valence-corrected chi connectivity index (χ2v) is 7.56. The number of sulfonamides is 1. The van der Waals surface area contributed by atoms with Crippen LogP contribution < -0.4 is 10.5 Å². The highest BCUT2D eigenvalue weighted by Crippen LogP contribution is 2.18. The molecule has 0 saturated heterocycles. The van der Waals surface area contributed by atoms with E-state index in [1.165, 1.54) is 18.2 Å². The van der Waals surface area contributed by atoms with E-state index in [0.717, 1.165) is 12.8 Å². The van der Waals surface area contributed by atoms with Crippen LogP contribution in [0, 0.1) is 5.92 Å². The number of amides is 1. The van der Waals surface area contributed by atoms with Crippen LogP contribution in [0.25, 0.3) is 0 Å². The van der Waals surface area contributed by atoms with Crippen LogP contribution in [0.5, 0.6) is 0 Å². The van der Waals surface area contributed by atoms with Gasteiger partial charge in [-0.25, -0.2) is 13.6 Å². The van der Waals surface area contributed by atoms with E-state index in [1.54, 1.807) is 0 Å². The van der Waals surface area contributed by atoms with E-state index in [4.69, 9.17) is 16.7 Å². The molecular formula is C14H21ClN2O3S. The largest absolute Gasteiger partial charge is 0.350 e. The van der Waals surface area contributed by atoms with E-state index in [-0.39, 0.29) is 27.4 Å². The van der Waals surface area contributed by atoms with Crippen molar-refractivity contribution in [2.24, 2.45) is 11.1 Å². The molecule has 1 rings (SSSR count). The number of hydrogen-bond donors (Lipinski definition) is 2. The van der Waals surface area contributed by atoms with Crippen molar-refractivity contribution in [1.82, 2.24) is 5.32 Å². The van der Waals surface area contributed by atoms with Crippen LogP contribution in [0.3, 0.4) is 0 Å². The summed E-state index contributed by atoms with van der Waals surface area (Å²) in [5.74, 6) is 0.197. The third-order valence-electron chi connectivity index (χ3n) is 3.02. The summed E-state index contributed by atoms with van der Waals surface area (Å²) in [5.41, 5.74) is 0.183. The lowest BCUT2D eigenvalue weighted by Gasteiger charge is -2.15. The maximum Gasteiger partial charge on any atom is 0.251 e. The van der Waals surface area contributed by atoms with Crippen LogP contribution in [0.1, 0.15) is 44.0 Å². The Morgan fingerprint density at radius 1 is 1.24 bits per heavy atom. The van der Waals surface area contributed by atoms with Crippen LogP contribution in [-0.4, -0.2) is 20.4 Å². The van der Waals surface area contributed by atoms with Crippen LogP contribution in [0.4, 0.5) is 0 Å². The lowest BCUT2D eigenvalue weighted by Crippen LogP contribution is -2.32. The van der Waals surface area contributed by atoms with E-state index in [0.29, 0.717) is 5.92 Å². The Bertz CT molecular complexity index is 615. The zero-order valence-electron chi connectivity index (χ0n) is 12.4. The molecule has 21 heavy (non-hydrogen) atoms. The van der Waals surface area contributed by atoms with Gasteiger partial charge in [-0.3, -0.25) is 4.79 Å². The number of halogens is 1. The first-order valence-corrected chi connectivity index (χ1v) is 8.66. The number of benzene rings is 1. The topological polar surface area (TPSA) is 89.3 Å². The average molecular weight is 333 g/mol. The van der Waals surface area contributed by atoms with Crippen molar-refractivity contribution in [2.75, 3.05) is 0 Å². The van der Waals surface area contributed by atoms with Gasteiger partial charge in [0.15, 0.2) is 0 Å². The molecule has 0 aliphatic heterocycles. The first kappa shape index (κ1) is 17.9. The molecule has 5 nitrogen and oxygen atoms in total. The highest BCUT2D eigenvalue weighted by atomic mass is 35.5. The maximum absolute atomic E-state index is 12.1. The minimum Gasteiger partial charge on any atom is -0.350 e. The minimum absolute atomic E-state index is 0.00295. The molecule has 1 amide bonds. The molecule has 0 spiro atoms. The van der Waals surface area contributed by atoms with Crippen molar-refractivity contribution in [3.05, 3.63) is 28.8 Å². The summed E-state index contributed by atoms with van der Waals surface area (Å²) in [4.78, 5) is 12.0. The van der Waals surface area contributed by atoms with Crippen LogP contribution in [0.15, 0.2) is 23.1 Å². The molecule has 0 fully saturated rings. The summed E-state index contributed by atoms with van der Waals surface area (Å²) >= 11 is 5.84. The quantitative estimate of drug-likeness (QED) is 0.838. The highest BCUT2D eigenvalue weighted by Gasteiger charge is 2.15. The number of carbonyl (C=O) groups is 1. The molecule has 7 heteroatoms. The van der Waals surface area contributed by atoms with E-state index in [9.17, 15) is 13.2 Å². The molecule has 1 aromatic rings. The van der Waals surface area contributed by atoms with Crippen LogP contribution >= 0.6 is 11.6 Å². The number of hydrogen-bond acceptors (Lipinski definition) is 3. The predicted octanol–water partition coefficient (Wildman–Crippen LogP) is 2.54. The van der Waals surface area contributed by atoms with Gasteiger partial charge in [-0.1, -0.05) is 25.4 Å². The third-order valence-corrected chi connectivity index (χ3v) is 4.13. The molecule has 0 saturated carbocycles. The summed E-state index contributed by atoms with van der Waals surface area (Å²) in [5, 5.41) is 8.04. The second-order valence-electron chi connectivity index (χ2n) is 5.57. The number of primary sulfonamides is 1. The van der Waals surface area contributed by atoms with Crippen molar-refractivity contribution < 1.29 is 13.2 Å². The fourth-order valence-electron chi connectivity index (χ4n) is 1.82. The van der Waals surface area contributed by atoms with Gasteiger partial charge in [-0.15, -0.1) is 0 Å². The molecule has 1 unspecified atom stereocenters. The van der Waals surface area contributed by atoms with Crippen LogP contribution in [-0.2, 0) is 10.0 Å². The molecule has 0 aliphatic carbocycles. The van der Waals surface area contributed by atoms with Gasteiger partial charge in [0, 0.05) is 16.6 Å². The fourth-order valence-corrected chi connectivity index (χ4v) is 2.70. The van der Waals surface area contributed by atoms with Crippen LogP contribution in [0.2, 0.25) is 5.02 Å². The van der Waals surface area contributed by atoms with Gasteiger partial charge in [-0.2, -0.15) is 0 Å². The number of nitrogens with one attached hydrogen (secondary N) is 1. The van der Waals surface area contributed by atoms with E-state index < -0.39 is 10.0 Å². The molecule has 118 valence electrons. The second kappa shape index (κ2) is 7.24. The van der Waals surface area contributed by atoms with Gasteiger partial charge >= 0.3 is 0 Å². The molecule has 0 heterocycles. The maximum atomic E-state index is 12.1. The highest BCUT2D eigenvalue weighted by molar-refractivity contribution is 7.89. The minimum atomic E-state index is -3.90. The van der Waals surface area contributed by atoms with Gasteiger partial charge < -0.3 is 5.32 Å². The lowest BCUT2D eigenvalue weighted by molar-refractivity contribution is 0.0937. The normalized spacial score (nSPS) is 13.2. The van der Waals surface area contributed by atoms with Crippen molar-refractivity contribution in [3.8, 4) is 0 Å². The van der Waals surface area contributed by atoms with Gasteiger partial charge in [0.05, 0.1) is 4.90 Å². The third kappa shape index (κ3) is 6.03. The summed E-state index contributed by atoms with van der Waals surface area (Å²) in [6.45, 7) is 6.14. The Morgan fingerprint density at radius 2 is 1.86 bits per heavy atom. The standard InChI is InChI=1S/C14H21ClN2O3S/c1-9(2)4-5-10(3)17-14(18)11-6-12(15)8-13(7-11)21(16,19)20/h6-10H,4-5H2,1-3H3,(H,17,18)(H2,16,19,20). The van der Waals surface area contributed by atoms with Gasteiger partial charge in [0.2, 0.25) is 10.0 Å². The lowest BCUT2D eigenvalue weighted by atomic mass is 10.0. The molecular weight excluding hydrogens is 312 g/mol. The summed E-state index contributed by atoms with van der Waals surface area (Å²) in [6, 6.07) is 3.86. The summed E-state index contributed by atoms with van der Waals surface area (Å²) in [7, 11) is -3.90. The average Bonchev–Trinajstić information content (AvgIpc) is 2.34. The monoisotopic (exact) mass is 332 g/mol. The zero-order chi connectivity index (χ0) is 16.2. The number of rotatable bonds is 6. The fraction of sp³-hybridized carbons (Fsp3) is 0.500. The number of carbonyl (C=O) groups excluding carboxylic acids is 1. The number of nitrogens with two attached hydrogens (primary N) is 1. The van der Waals surface area contributed by atoms with Gasteiger partial charge in [0.1, 0.15) is 0 Å². The summed E-state index contributed by atoms with van der Waals surface area (Å²) in [6.07, 6.45) is 1.85.